The molecule has 0 saturated carbocycles. The molecule has 1 fully saturated rings. The fraction of sp³-hybridized carbons (Fsp3) is 0.263. The first kappa shape index (κ1) is 15.7. The van der Waals surface area contributed by atoms with Crippen LogP contribution in [0.3, 0.4) is 0 Å². The summed E-state index contributed by atoms with van der Waals surface area (Å²) in [7, 11) is 0. The van der Waals surface area contributed by atoms with Crippen LogP contribution in [0.5, 0.6) is 0 Å². The van der Waals surface area contributed by atoms with Crippen molar-refractivity contribution in [2.24, 2.45) is 11.8 Å². The van der Waals surface area contributed by atoms with Crippen molar-refractivity contribution in [2.45, 2.75) is 18.8 Å². The molecule has 2 N–H and O–H groups in total. The van der Waals surface area contributed by atoms with Crippen LogP contribution < -0.4 is 10.6 Å². The van der Waals surface area contributed by atoms with Gasteiger partial charge in [-0.05, 0) is 24.3 Å². The number of rotatable bonds is 5. The molecule has 1 saturated heterocycles. The Hall–Kier alpha value is -2.86. The Kier molecular flexibility index (Phi) is 4.11. The molecule has 1 aromatic heterocycles. The molecule has 3 heterocycles. The summed E-state index contributed by atoms with van der Waals surface area (Å²) < 4.78 is 11.0. The van der Waals surface area contributed by atoms with Crippen molar-refractivity contribution in [1.29, 1.82) is 0 Å². The van der Waals surface area contributed by atoms with Gasteiger partial charge in [-0.15, -0.1) is 0 Å². The minimum Gasteiger partial charge on any atom is -0.467 e. The predicted octanol–water partition coefficient (Wildman–Crippen LogP) is 2.10. The summed E-state index contributed by atoms with van der Waals surface area (Å²) in [5.41, 5.74) is 0.703. The summed E-state index contributed by atoms with van der Waals surface area (Å²) in [5, 5.41) is 5.71. The van der Waals surface area contributed by atoms with E-state index in [0.717, 1.165) is 0 Å². The summed E-state index contributed by atoms with van der Waals surface area (Å²) in [5.74, 6) is -0.846. The van der Waals surface area contributed by atoms with Crippen molar-refractivity contribution in [3.05, 3.63) is 66.6 Å². The monoisotopic (exact) mass is 338 g/mol. The van der Waals surface area contributed by atoms with Gasteiger partial charge < -0.3 is 19.8 Å². The van der Waals surface area contributed by atoms with Crippen LogP contribution in [-0.2, 0) is 20.9 Å². The molecule has 6 heteroatoms. The maximum Gasteiger partial charge on any atom is 0.231 e. The van der Waals surface area contributed by atoms with Gasteiger partial charge in [0.1, 0.15) is 5.76 Å². The lowest BCUT2D eigenvalue weighted by atomic mass is 9.81. The van der Waals surface area contributed by atoms with Gasteiger partial charge in [0.25, 0.3) is 0 Å². The largest absolute Gasteiger partial charge is 0.467 e. The molecule has 0 aliphatic carbocycles. The van der Waals surface area contributed by atoms with E-state index in [0.29, 0.717) is 11.4 Å². The lowest BCUT2D eigenvalue weighted by Gasteiger charge is -2.23. The van der Waals surface area contributed by atoms with Crippen LogP contribution in [0.15, 0.2) is 65.3 Å². The molecule has 1 aromatic carbocycles. The number of nitrogens with one attached hydrogen (secondary N) is 2. The van der Waals surface area contributed by atoms with Crippen molar-refractivity contribution < 1.29 is 18.7 Å². The van der Waals surface area contributed by atoms with E-state index in [9.17, 15) is 9.59 Å². The minimum atomic E-state index is -0.549. The number of para-hydroxylation sites is 1. The first-order chi connectivity index (χ1) is 12.2. The highest BCUT2D eigenvalue weighted by Crippen LogP contribution is 2.40. The number of benzene rings is 1. The summed E-state index contributed by atoms with van der Waals surface area (Å²) in [6.07, 6.45) is 4.53. The number of hydrogen-bond donors (Lipinski definition) is 2. The first-order valence-corrected chi connectivity index (χ1v) is 8.22. The lowest BCUT2D eigenvalue weighted by Crippen LogP contribution is -2.44. The first-order valence-electron chi connectivity index (χ1n) is 8.22. The zero-order valence-corrected chi connectivity index (χ0v) is 13.4. The molecule has 0 spiro atoms. The predicted molar refractivity (Wildman–Crippen MR) is 90.4 cm³/mol. The lowest BCUT2D eigenvalue weighted by molar-refractivity contribution is -0.131. The van der Waals surface area contributed by atoms with E-state index in [4.69, 9.17) is 9.15 Å². The number of carbonyl (C=O) groups excluding carboxylic acids is 2. The second-order valence-corrected chi connectivity index (χ2v) is 6.15. The van der Waals surface area contributed by atoms with E-state index in [-0.39, 0.29) is 30.6 Å². The Labute approximate surface area is 144 Å². The highest BCUT2D eigenvalue weighted by Gasteiger charge is 2.52. The zero-order valence-electron chi connectivity index (χ0n) is 13.4. The maximum atomic E-state index is 12.7. The van der Waals surface area contributed by atoms with Gasteiger partial charge in [-0.2, -0.15) is 0 Å². The number of anilines is 1. The number of hydrogen-bond acceptors (Lipinski definition) is 4. The number of ether oxygens (including phenoxy) is 1. The second-order valence-electron chi connectivity index (χ2n) is 6.15. The molecule has 2 amide bonds. The second kappa shape index (κ2) is 6.57. The number of furan rings is 1. The van der Waals surface area contributed by atoms with Crippen LogP contribution in [0.4, 0.5) is 5.69 Å². The van der Waals surface area contributed by atoms with E-state index in [1.54, 1.807) is 18.4 Å². The van der Waals surface area contributed by atoms with Crippen LogP contribution in [0.25, 0.3) is 0 Å². The van der Waals surface area contributed by atoms with Gasteiger partial charge in [0.2, 0.25) is 11.8 Å². The summed E-state index contributed by atoms with van der Waals surface area (Å²) in [4.78, 5) is 25.4. The third-order valence-corrected chi connectivity index (χ3v) is 4.56. The molecular weight excluding hydrogens is 320 g/mol. The van der Waals surface area contributed by atoms with Gasteiger partial charge in [-0.3, -0.25) is 9.59 Å². The maximum absolute atomic E-state index is 12.7. The van der Waals surface area contributed by atoms with E-state index < -0.39 is 11.8 Å². The standard InChI is InChI=1S/C19H18N2O4/c22-18(20-11-13-7-4-10-24-13)16-14-8-9-15(25-14)17(16)19(23)21-12-5-2-1-3-6-12/h1-10,14-17H,11H2,(H,20,22)(H,21,23). The van der Waals surface area contributed by atoms with E-state index in [1.807, 2.05) is 42.5 Å². The SMILES string of the molecule is O=C(NCc1ccco1)C1C2C=CC(O2)C1C(=O)Nc1ccccc1. The topological polar surface area (TPSA) is 80.6 Å². The summed E-state index contributed by atoms with van der Waals surface area (Å²) in [6.45, 7) is 0.288. The van der Waals surface area contributed by atoms with Gasteiger partial charge >= 0.3 is 0 Å². The number of carbonyl (C=O) groups is 2. The van der Waals surface area contributed by atoms with Crippen LogP contribution in [0.2, 0.25) is 0 Å². The Balaban J connectivity index is 1.46. The van der Waals surface area contributed by atoms with Crippen molar-refractivity contribution >= 4 is 17.5 Å². The normalized spacial score (nSPS) is 26.6. The molecule has 4 rings (SSSR count). The Morgan fingerprint density at radius 1 is 0.920 bits per heavy atom. The van der Waals surface area contributed by atoms with Gasteiger partial charge in [0.05, 0.1) is 36.9 Å². The third-order valence-electron chi connectivity index (χ3n) is 4.56. The van der Waals surface area contributed by atoms with Crippen molar-refractivity contribution in [1.82, 2.24) is 5.32 Å². The van der Waals surface area contributed by atoms with Crippen LogP contribution >= 0.6 is 0 Å². The average molecular weight is 338 g/mol. The molecule has 0 radical (unpaired) electrons. The molecule has 2 bridgehead atoms. The molecule has 4 atom stereocenters. The Morgan fingerprint density at radius 2 is 1.64 bits per heavy atom. The van der Waals surface area contributed by atoms with Crippen LogP contribution in [0, 0.1) is 11.8 Å². The van der Waals surface area contributed by atoms with Crippen LogP contribution in [0.1, 0.15) is 5.76 Å². The van der Waals surface area contributed by atoms with Gasteiger partial charge in [0.15, 0.2) is 0 Å². The fourth-order valence-corrected chi connectivity index (χ4v) is 3.39. The summed E-state index contributed by atoms with van der Waals surface area (Å²) in [6, 6.07) is 12.8. The van der Waals surface area contributed by atoms with Gasteiger partial charge in [0, 0.05) is 5.69 Å². The van der Waals surface area contributed by atoms with Crippen molar-refractivity contribution in [2.75, 3.05) is 5.32 Å². The third kappa shape index (κ3) is 3.08. The smallest absolute Gasteiger partial charge is 0.231 e. The van der Waals surface area contributed by atoms with Crippen molar-refractivity contribution in [3.63, 3.8) is 0 Å². The number of amides is 2. The molecule has 2 aliphatic heterocycles. The Morgan fingerprint density at radius 3 is 2.32 bits per heavy atom. The molecule has 6 nitrogen and oxygen atoms in total. The van der Waals surface area contributed by atoms with Gasteiger partial charge in [-0.1, -0.05) is 30.4 Å². The molecule has 25 heavy (non-hydrogen) atoms. The fourth-order valence-electron chi connectivity index (χ4n) is 3.39. The number of fused-ring (bicyclic) bond motifs is 2. The van der Waals surface area contributed by atoms with Gasteiger partial charge in [-0.25, -0.2) is 0 Å². The average Bonchev–Trinajstić information content (AvgIpc) is 3.37. The highest BCUT2D eigenvalue weighted by atomic mass is 16.5. The quantitative estimate of drug-likeness (QED) is 0.818. The van der Waals surface area contributed by atoms with E-state index in [2.05, 4.69) is 10.6 Å². The zero-order chi connectivity index (χ0) is 17.2. The molecule has 2 aromatic rings. The molecular formula is C19H18N2O4. The molecule has 128 valence electrons. The van der Waals surface area contributed by atoms with Crippen LogP contribution in [-0.4, -0.2) is 24.0 Å². The molecule has 2 aliphatic rings. The summed E-state index contributed by atoms with van der Waals surface area (Å²) >= 11 is 0. The van der Waals surface area contributed by atoms with E-state index in [1.165, 1.54) is 0 Å². The Bertz CT molecular complexity index is 785. The van der Waals surface area contributed by atoms with Crippen molar-refractivity contribution in [3.8, 4) is 0 Å². The highest BCUT2D eigenvalue weighted by molar-refractivity contribution is 5.97. The van der Waals surface area contributed by atoms with E-state index >= 15 is 0 Å². The minimum absolute atomic E-state index is 0.207. The molecule has 4 unspecified atom stereocenters.